The van der Waals surface area contributed by atoms with Gasteiger partial charge in [-0.15, -0.1) is 24.0 Å². The van der Waals surface area contributed by atoms with Gasteiger partial charge in [0.25, 0.3) is 5.69 Å². The number of nitro groups is 1. The minimum Gasteiger partial charge on any atom is -0.444 e. The molecule has 10 nitrogen and oxygen atoms in total. The second-order valence-electron chi connectivity index (χ2n) is 7.75. The molecule has 0 aromatic heterocycles. The van der Waals surface area contributed by atoms with Crippen molar-refractivity contribution in [2.24, 2.45) is 4.99 Å². The normalized spacial score (nSPS) is 16.5. The van der Waals surface area contributed by atoms with Crippen LogP contribution in [0.2, 0.25) is 0 Å². The second kappa shape index (κ2) is 11.8. The quantitative estimate of drug-likeness (QED) is 0.128. The molecule has 1 atom stereocenters. The number of ether oxygens (including phenoxy) is 1. The van der Waals surface area contributed by atoms with Gasteiger partial charge >= 0.3 is 6.09 Å². The molecular formula is C19H31IN6O4. The van der Waals surface area contributed by atoms with Crippen LogP contribution in [0.3, 0.4) is 0 Å². The average molecular weight is 534 g/mol. The zero-order chi connectivity index (χ0) is 21.4. The van der Waals surface area contributed by atoms with Crippen molar-refractivity contribution in [2.45, 2.75) is 38.8 Å². The molecule has 0 radical (unpaired) electrons. The molecule has 0 saturated carbocycles. The third kappa shape index (κ3) is 8.20. The second-order valence-corrected chi connectivity index (χ2v) is 7.75. The third-order valence-electron chi connectivity index (χ3n) is 4.24. The maximum atomic E-state index is 11.9. The van der Waals surface area contributed by atoms with E-state index in [2.05, 4.69) is 25.8 Å². The Hall–Kier alpha value is -2.31. The lowest BCUT2D eigenvalue weighted by atomic mass is 10.2. The lowest BCUT2D eigenvalue weighted by Gasteiger charge is -2.23. The van der Waals surface area contributed by atoms with E-state index in [4.69, 9.17) is 4.74 Å². The van der Waals surface area contributed by atoms with Crippen molar-refractivity contribution in [3.8, 4) is 0 Å². The highest BCUT2D eigenvalue weighted by atomic mass is 127. The number of guanidine groups is 1. The Bertz CT molecular complexity index is 753. The topological polar surface area (TPSA) is 121 Å². The molecule has 1 heterocycles. The standard InChI is InChI=1S/C19H30N6O4.HI/c1-19(2,3)29-18(26)23-14-9-12-24(13-14)17(20-4)22-11-10-21-15-7-5-6-8-16(15)25(27)28;/h5-8,14,21H,9-13H2,1-4H3,(H,20,22)(H,23,26);1H. The summed E-state index contributed by atoms with van der Waals surface area (Å²) in [4.78, 5) is 28.9. The molecule has 0 aliphatic carbocycles. The van der Waals surface area contributed by atoms with Crippen LogP contribution in [0.4, 0.5) is 16.2 Å². The number of rotatable bonds is 6. The Labute approximate surface area is 194 Å². The van der Waals surface area contributed by atoms with Crippen LogP contribution in [0.5, 0.6) is 0 Å². The van der Waals surface area contributed by atoms with E-state index in [0.29, 0.717) is 25.3 Å². The van der Waals surface area contributed by atoms with Crippen LogP contribution in [0, 0.1) is 10.1 Å². The van der Waals surface area contributed by atoms with Gasteiger partial charge in [-0.2, -0.15) is 0 Å². The molecule has 3 N–H and O–H groups in total. The highest BCUT2D eigenvalue weighted by molar-refractivity contribution is 14.0. The first-order valence-corrected chi connectivity index (χ1v) is 9.62. The van der Waals surface area contributed by atoms with Gasteiger partial charge in [0.15, 0.2) is 5.96 Å². The van der Waals surface area contributed by atoms with Crippen LogP contribution in [-0.4, -0.2) is 66.7 Å². The number of nitro benzene ring substituents is 1. The Balaban J connectivity index is 0.00000450. The number of benzene rings is 1. The van der Waals surface area contributed by atoms with E-state index in [1.807, 2.05) is 20.8 Å². The molecule has 1 saturated heterocycles. The van der Waals surface area contributed by atoms with Crippen LogP contribution in [0.25, 0.3) is 0 Å². The first kappa shape index (κ1) is 25.7. The number of carbonyl (C=O) groups excluding carboxylic acids is 1. The number of carbonyl (C=O) groups is 1. The summed E-state index contributed by atoms with van der Waals surface area (Å²) in [5.41, 5.74) is 0.00502. The fraction of sp³-hybridized carbons (Fsp3) is 0.579. The van der Waals surface area contributed by atoms with E-state index in [-0.39, 0.29) is 35.7 Å². The molecular weight excluding hydrogens is 503 g/mol. The Kier molecular flexibility index (Phi) is 10.1. The van der Waals surface area contributed by atoms with Gasteiger partial charge in [-0.1, -0.05) is 12.1 Å². The summed E-state index contributed by atoms with van der Waals surface area (Å²) in [6.45, 7) is 7.93. The van der Waals surface area contributed by atoms with Crippen LogP contribution >= 0.6 is 24.0 Å². The molecule has 1 aromatic rings. The summed E-state index contributed by atoms with van der Waals surface area (Å²) < 4.78 is 5.30. The number of likely N-dealkylation sites (tertiary alicyclic amines) is 1. The smallest absolute Gasteiger partial charge is 0.407 e. The first-order valence-electron chi connectivity index (χ1n) is 9.62. The van der Waals surface area contributed by atoms with Gasteiger partial charge in [0, 0.05) is 39.3 Å². The number of para-hydroxylation sites is 2. The first-order chi connectivity index (χ1) is 13.7. The number of alkyl carbamates (subject to hydrolysis) is 1. The van der Waals surface area contributed by atoms with Crippen molar-refractivity contribution in [2.75, 3.05) is 38.5 Å². The van der Waals surface area contributed by atoms with Crippen molar-refractivity contribution in [1.82, 2.24) is 15.5 Å². The number of halogens is 1. The molecule has 11 heteroatoms. The number of hydrogen-bond acceptors (Lipinski definition) is 6. The molecule has 0 bridgehead atoms. The van der Waals surface area contributed by atoms with Crippen LogP contribution in [-0.2, 0) is 4.74 Å². The average Bonchev–Trinajstić information content (AvgIpc) is 3.08. The predicted molar refractivity (Wildman–Crippen MR) is 128 cm³/mol. The van der Waals surface area contributed by atoms with Gasteiger partial charge < -0.3 is 25.6 Å². The van der Waals surface area contributed by atoms with E-state index >= 15 is 0 Å². The maximum Gasteiger partial charge on any atom is 0.407 e. The van der Waals surface area contributed by atoms with Gasteiger partial charge in [-0.05, 0) is 33.3 Å². The summed E-state index contributed by atoms with van der Waals surface area (Å²) in [6, 6.07) is 6.53. The van der Waals surface area contributed by atoms with E-state index in [1.165, 1.54) is 6.07 Å². The van der Waals surface area contributed by atoms with Crippen LogP contribution in [0.1, 0.15) is 27.2 Å². The molecule has 168 valence electrons. The van der Waals surface area contributed by atoms with Crippen molar-refractivity contribution in [3.05, 3.63) is 34.4 Å². The van der Waals surface area contributed by atoms with E-state index < -0.39 is 16.6 Å². The van der Waals surface area contributed by atoms with Gasteiger partial charge in [0.1, 0.15) is 11.3 Å². The Morgan fingerprint density at radius 2 is 2.03 bits per heavy atom. The van der Waals surface area contributed by atoms with E-state index in [0.717, 1.165) is 18.9 Å². The van der Waals surface area contributed by atoms with E-state index in [1.54, 1.807) is 25.2 Å². The highest BCUT2D eigenvalue weighted by Crippen LogP contribution is 2.22. The molecule has 30 heavy (non-hydrogen) atoms. The monoisotopic (exact) mass is 534 g/mol. The lowest BCUT2D eigenvalue weighted by molar-refractivity contribution is -0.384. The van der Waals surface area contributed by atoms with Gasteiger partial charge in [0.2, 0.25) is 0 Å². The van der Waals surface area contributed by atoms with Gasteiger partial charge in [0.05, 0.1) is 11.0 Å². The summed E-state index contributed by atoms with van der Waals surface area (Å²) >= 11 is 0. The summed E-state index contributed by atoms with van der Waals surface area (Å²) in [5.74, 6) is 0.725. The Morgan fingerprint density at radius 3 is 2.67 bits per heavy atom. The lowest BCUT2D eigenvalue weighted by Crippen LogP contribution is -2.45. The van der Waals surface area contributed by atoms with Gasteiger partial charge in [-0.25, -0.2) is 4.79 Å². The van der Waals surface area contributed by atoms with Crippen LogP contribution in [0.15, 0.2) is 29.3 Å². The zero-order valence-corrected chi connectivity index (χ0v) is 20.1. The molecule has 1 fully saturated rings. The van der Waals surface area contributed by atoms with Gasteiger partial charge in [-0.3, -0.25) is 15.1 Å². The number of nitrogens with one attached hydrogen (secondary N) is 3. The minimum absolute atomic E-state index is 0. The van der Waals surface area contributed by atoms with Crippen molar-refractivity contribution < 1.29 is 14.5 Å². The third-order valence-corrected chi connectivity index (χ3v) is 4.24. The fourth-order valence-corrected chi connectivity index (χ4v) is 3.03. The predicted octanol–water partition coefficient (Wildman–Crippen LogP) is 2.80. The largest absolute Gasteiger partial charge is 0.444 e. The molecule has 1 aliphatic rings. The zero-order valence-electron chi connectivity index (χ0n) is 17.8. The molecule has 1 aromatic carbocycles. The number of amides is 1. The van der Waals surface area contributed by atoms with Crippen molar-refractivity contribution in [1.29, 1.82) is 0 Å². The van der Waals surface area contributed by atoms with Crippen molar-refractivity contribution in [3.63, 3.8) is 0 Å². The molecule has 1 aliphatic heterocycles. The molecule has 1 amide bonds. The fourth-order valence-electron chi connectivity index (χ4n) is 3.03. The maximum absolute atomic E-state index is 11.9. The SMILES string of the molecule is CN=C(NCCNc1ccccc1[N+](=O)[O-])N1CCC(NC(=O)OC(C)(C)C)C1.I. The summed E-state index contributed by atoms with van der Waals surface area (Å²) in [5, 5.41) is 20.3. The molecule has 1 unspecified atom stereocenters. The number of anilines is 1. The number of nitrogens with zero attached hydrogens (tertiary/aromatic N) is 3. The minimum atomic E-state index is -0.527. The summed E-state index contributed by atoms with van der Waals surface area (Å²) in [6.07, 6.45) is 0.384. The molecule has 2 rings (SSSR count). The Morgan fingerprint density at radius 1 is 1.33 bits per heavy atom. The highest BCUT2D eigenvalue weighted by Gasteiger charge is 2.27. The number of aliphatic imine (C=N–C) groups is 1. The van der Waals surface area contributed by atoms with Crippen molar-refractivity contribution >= 4 is 47.4 Å². The molecule has 0 spiro atoms. The van der Waals surface area contributed by atoms with Crippen LogP contribution < -0.4 is 16.0 Å². The number of hydrogen-bond donors (Lipinski definition) is 3. The summed E-state index contributed by atoms with van der Waals surface area (Å²) in [7, 11) is 1.70. The van der Waals surface area contributed by atoms with E-state index in [9.17, 15) is 14.9 Å².